The zero-order valence-corrected chi connectivity index (χ0v) is 10.1. The zero-order chi connectivity index (χ0) is 10.3. The first-order valence-corrected chi connectivity index (χ1v) is 5.67. The Hall–Kier alpha value is -0.100. The molecule has 0 saturated heterocycles. The van der Waals surface area contributed by atoms with E-state index in [1.165, 1.54) is 6.42 Å². The predicted octanol–water partition coefficient (Wildman–Crippen LogP) is 2.62. The molecule has 2 nitrogen and oxygen atoms in total. The van der Waals surface area contributed by atoms with Crippen molar-refractivity contribution in [1.29, 1.82) is 0 Å². The summed E-state index contributed by atoms with van der Waals surface area (Å²) in [4.78, 5) is 11.3. The number of rotatable bonds is 5. The van der Waals surface area contributed by atoms with E-state index >= 15 is 0 Å². The Morgan fingerprint density at radius 3 is 2.31 bits per heavy atom. The molecule has 0 radical (unpaired) electrons. The van der Waals surface area contributed by atoms with E-state index in [9.17, 15) is 4.79 Å². The summed E-state index contributed by atoms with van der Waals surface area (Å²) in [6, 6.07) is 0. The van der Waals surface area contributed by atoms with Gasteiger partial charge in [-0.3, -0.25) is 4.79 Å². The second-order valence-corrected chi connectivity index (χ2v) is 4.81. The molecule has 0 bridgehead atoms. The van der Waals surface area contributed by atoms with Crippen molar-refractivity contribution in [2.45, 2.75) is 40.0 Å². The van der Waals surface area contributed by atoms with Gasteiger partial charge in [-0.1, -0.05) is 0 Å². The summed E-state index contributed by atoms with van der Waals surface area (Å²) in [5.41, 5.74) is -0.361. The molecule has 3 heteroatoms. The number of ether oxygens (including phenoxy) is 1. The van der Waals surface area contributed by atoms with Gasteiger partial charge in [0.15, 0.2) is 0 Å². The molecule has 1 atom stereocenters. The van der Waals surface area contributed by atoms with Crippen LogP contribution in [-0.4, -0.2) is 18.7 Å². The molecule has 0 spiro atoms. The van der Waals surface area contributed by atoms with Crippen molar-refractivity contribution in [3.63, 3.8) is 0 Å². The Morgan fingerprint density at radius 1 is 1.23 bits per heavy atom. The van der Waals surface area contributed by atoms with E-state index in [0.717, 1.165) is 19.0 Å². The molecule has 0 aromatic heterocycles. The van der Waals surface area contributed by atoms with Crippen LogP contribution in [0.1, 0.15) is 40.0 Å². The lowest BCUT2D eigenvalue weighted by molar-refractivity contribution is -0.153. The molecular weight excluding hydrogens is 183 g/mol. The molecule has 0 aromatic rings. The van der Waals surface area contributed by atoms with Gasteiger partial charge in [0, 0.05) is 0 Å². The quantitative estimate of drug-likeness (QED) is 0.391. The Balaban J connectivity index is 3.38. The normalized spacial score (nSPS) is 11.4. The number of hydrogen-bond acceptors (Lipinski definition) is 2. The van der Waals surface area contributed by atoms with Crippen LogP contribution in [0.25, 0.3) is 0 Å². The highest BCUT2D eigenvalue weighted by Gasteiger charge is 2.22. The molecule has 0 fully saturated rings. The van der Waals surface area contributed by atoms with E-state index in [-0.39, 0.29) is 11.4 Å². The molecule has 0 rings (SSSR count). The largest absolute Gasteiger partial charge is 0.465 e. The van der Waals surface area contributed by atoms with Crippen molar-refractivity contribution >= 4 is 15.2 Å². The van der Waals surface area contributed by atoms with Crippen molar-refractivity contribution in [2.75, 3.05) is 12.8 Å². The number of carbonyl (C=O) groups excluding carboxylic acids is 1. The van der Waals surface area contributed by atoms with Crippen molar-refractivity contribution < 1.29 is 9.53 Å². The minimum atomic E-state index is -0.361. The fourth-order valence-corrected chi connectivity index (χ4v) is 1.09. The first-order valence-electron chi connectivity index (χ1n) is 4.86. The SMILES string of the molecule is CC(C)(C)C(=O)OCCCCCP. The van der Waals surface area contributed by atoms with Crippen LogP contribution in [0.5, 0.6) is 0 Å². The predicted molar refractivity (Wildman–Crippen MR) is 58.8 cm³/mol. The Labute approximate surface area is 83.6 Å². The van der Waals surface area contributed by atoms with Crippen LogP contribution >= 0.6 is 9.24 Å². The third-order valence-corrected chi connectivity index (χ3v) is 2.10. The van der Waals surface area contributed by atoms with E-state index in [1.54, 1.807) is 0 Å². The van der Waals surface area contributed by atoms with E-state index in [2.05, 4.69) is 9.24 Å². The molecule has 0 N–H and O–H groups in total. The lowest BCUT2D eigenvalue weighted by Crippen LogP contribution is -2.23. The van der Waals surface area contributed by atoms with Crippen LogP contribution < -0.4 is 0 Å². The third kappa shape index (κ3) is 7.01. The lowest BCUT2D eigenvalue weighted by atomic mass is 9.97. The highest BCUT2D eigenvalue weighted by atomic mass is 31.0. The second kappa shape index (κ2) is 6.37. The van der Waals surface area contributed by atoms with Gasteiger partial charge in [0.1, 0.15) is 0 Å². The number of carbonyl (C=O) groups is 1. The van der Waals surface area contributed by atoms with Gasteiger partial charge in [-0.05, 0) is 46.2 Å². The first kappa shape index (κ1) is 12.9. The lowest BCUT2D eigenvalue weighted by Gasteiger charge is -2.16. The Kier molecular flexibility index (Phi) is 6.32. The maximum Gasteiger partial charge on any atom is 0.311 e. The van der Waals surface area contributed by atoms with Crippen molar-refractivity contribution in [2.24, 2.45) is 5.41 Å². The van der Waals surface area contributed by atoms with Crippen molar-refractivity contribution in [1.82, 2.24) is 0 Å². The summed E-state index contributed by atoms with van der Waals surface area (Å²) < 4.78 is 5.11. The second-order valence-electron chi connectivity index (χ2n) is 4.24. The molecule has 1 unspecified atom stereocenters. The van der Waals surface area contributed by atoms with Gasteiger partial charge in [0.25, 0.3) is 0 Å². The van der Waals surface area contributed by atoms with Crippen LogP contribution in [0.4, 0.5) is 0 Å². The highest BCUT2D eigenvalue weighted by molar-refractivity contribution is 7.16. The third-order valence-electron chi connectivity index (χ3n) is 1.69. The standard InChI is InChI=1S/C10H21O2P/c1-10(2,3)9(11)12-7-5-4-6-8-13/h4-8,13H2,1-3H3. The van der Waals surface area contributed by atoms with Crippen LogP contribution in [0.2, 0.25) is 0 Å². The summed E-state index contributed by atoms with van der Waals surface area (Å²) >= 11 is 0. The minimum absolute atomic E-state index is 0.0987. The van der Waals surface area contributed by atoms with Gasteiger partial charge in [-0.2, -0.15) is 0 Å². The van der Waals surface area contributed by atoms with Crippen molar-refractivity contribution in [3.8, 4) is 0 Å². The summed E-state index contributed by atoms with van der Waals surface area (Å²) in [6.45, 7) is 6.19. The molecule has 0 aliphatic heterocycles. The summed E-state index contributed by atoms with van der Waals surface area (Å²) in [6.07, 6.45) is 4.45. The van der Waals surface area contributed by atoms with Gasteiger partial charge >= 0.3 is 5.97 Å². The molecule has 13 heavy (non-hydrogen) atoms. The van der Waals surface area contributed by atoms with Crippen molar-refractivity contribution in [3.05, 3.63) is 0 Å². The number of unbranched alkanes of at least 4 members (excludes halogenated alkanes) is 2. The van der Waals surface area contributed by atoms with Crippen LogP contribution in [-0.2, 0) is 9.53 Å². The highest BCUT2D eigenvalue weighted by Crippen LogP contribution is 2.15. The summed E-state index contributed by atoms with van der Waals surface area (Å²) in [5.74, 6) is -0.0987. The van der Waals surface area contributed by atoms with Gasteiger partial charge in [-0.25, -0.2) is 0 Å². The average Bonchev–Trinajstić information content (AvgIpc) is 2.02. The van der Waals surface area contributed by atoms with E-state index in [4.69, 9.17) is 4.74 Å². The molecular formula is C10H21O2P. The maximum absolute atomic E-state index is 11.3. The van der Waals surface area contributed by atoms with Gasteiger partial charge in [-0.15, -0.1) is 9.24 Å². The fraction of sp³-hybridized carbons (Fsp3) is 0.900. The fourth-order valence-electron chi connectivity index (χ4n) is 0.805. The van der Waals surface area contributed by atoms with E-state index in [1.807, 2.05) is 20.8 Å². The average molecular weight is 204 g/mol. The zero-order valence-electron chi connectivity index (χ0n) is 8.93. The van der Waals surface area contributed by atoms with Gasteiger partial charge in [0.2, 0.25) is 0 Å². The van der Waals surface area contributed by atoms with E-state index < -0.39 is 0 Å². The molecule has 0 aromatic carbocycles. The smallest absolute Gasteiger partial charge is 0.311 e. The summed E-state index contributed by atoms with van der Waals surface area (Å²) in [5, 5.41) is 0. The Bertz CT molecular complexity index is 149. The van der Waals surface area contributed by atoms with Crippen LogP contribution in [0.15, 0.2) is 0 Å². The summed E-state index contributed by atoms with van der Waals surface area (Å²) in [7, 11) is 2.70. The topological polar surface area (TPSA) is 26.3 Å². The monoisotopic (exact) mass is 204 g/mol. The first-order chi connectivity index (χ1) is 5.98. The molecule has 0 aliphatic carbocycles. The molecule has 0 heterocycles. The molecule has 0 aliphatic rings. The van der Waals surface area contributed by atoms with Crippen LogP contribution in [0, 0.1) is 5.41 Å². The maximum atomic E-state index is 11.3. The Morgan fingerprint density at radius 2 is 1.85 bits per heavy atom. The minimum Gasteiger partial charge on any atom is -0.465 e. The van der Waals surface area contributed by atoms with E-state index in [0.29, 0.717) is 6.61 Å². The molecule has 0 saturated carbocycles. The molecule has 78 valence electrons. The van der Waals surface area contributed by atoms with Gasteiger partial charge in [0.05, 0.1) is 12.0 Å². The van der Waals surface area contributed by atoms with Gasteiger partial charge < -0.3 is 4.74 Å². The van der Waals surface area contributed by atoms with Crippen LogP contribution in [0.3, 0.4) is 0 Å². The number of hydrogen-bond donors (Lipinski definition) is 0. The molecule has 0 amide bonds. The number of esters is 1.